The van der Waals surface area contributed by atoms with Crippen LogP contribution in [0.2, 0.25) is 0 Å². The Hall–Kier alpha value is -3.36. The van der Waals surface area contributed by atoms with Crippen LogP contribution in [0.25, 0.3) is 0 Å². The van der Waals surface area contributed by atoms with Gasteiger partial charge in [-0.25, -0.2) is 9.78 Å². The molecule has 2 aliphatic heterocycles. The van der Waals surface area contributed by atoms with Crippen molar-refractivity contribution in [2.24, 2.45) is 0 Å². The number of carbonyl (C=O) groups is 2. The third-order valence-corrected chi connectivity index (χ3v) is 5.25. The van der Waals surface area contributed by atoms with Crippen molar-refractivity contribution in [3.63, 3.8) is 0 Å². The zero-order chi connectivity index (χ0) is 21.1. The van der Waals surface area contributed by atoms with E-state index in [1.165, 1.54) is 10.5 Å². The van der Waals surface area contributed by atoms with Gasteiger partial charge in [0.05, 0.1) is 6.54 Å². The molecule has 2 amide bonds. The van der Waals surface area contributed by atoms with Gasteiger partial charge in [0.1, 0.15) is 19.0 Å². The summed E-state index contributed by atoms with van der Waals surface area (Å²) >= 11 is 0. The molecule has 30 heavy (non-hydrogen) atoms. The number of aryl methyl sites for hydroxylation is 2. The van der Waals surface area contributed by atoms with E-state index in [0.29, 0.717) is 45.3 Å². The first-order valence-corrected chi connectivity index (χ1v) is 10.1. The second-order valence-electron chi connectivity index (χ2n) is 7.59. The van der Waals surface area contributed by atoms with Crippen molar-refractivity contribution in [3.05, 3.63) is 41.6 Å². The molecule has 4 rings (SSSR count). The fourth-order valence-corrected chi connectivity index (χ4v) is 3.53. The van der Waals surface area contributed by atoms with E-state index in [0.717, 1.165) is 17.2 Å². The first-order chi connectivity index (χ1) is 14.5. The Morgan fingerprint density at radius 2 is 1.80 bits per heavy atom. The molecule has 1 aromatic carbocycles. The number of carbonyl (C=O) groups excluding carboxylic acids is 2. The van der Waals surface area contributed by atoms with Crippen LogP contribution in [0.1, 0.15) is 11.3 Å². The van der Waals surface area contributed by atoms with Gasteiger partial charge in [-0.3, -0.25) is 9.69 Å². The maximum absolute atomic E-state index is 12.5. The van der Waals surface area contributed by atoms with Gasteiger partial charge in [0, 0.05) is 43.6 Å². The number of cyclic esters (lactones) is 1. The van der Waals surface area contributed by atoms with Gasteiger partial charge in [-0.2, -0.15) is 4.98 Å². The Morgan fingerprint density at radius 1 is 1.07 bits per heavy atom. The molecule has 3 heterocycles. The van der Waals surface area contributed by atoms with Gasteiger partial charge in [0.2, 0.25) is 11.9 Å². The monoisotopic (exact) mass is 410 g/mol. The number of nitrogens with one attached hydrogen (secondary N) is 1. The van der Waals surface area contributed by atoms with E-state index < -0.39 is 6.09 Å². The molecule has 2 aliphatic rings. The van der Waals surface area contributed by atoms with Gasteiger partial charge in [0.25, 0.3) is 0 Å². The van der Waals surface area contributed by atoms with Gasteiger partial charge in [0.15, 0.2) is 0 Å². The van der Waals surface area contributed by atoms with Crippen LogP contribution < -0.4 is 10.2 Å². The molecule has 2 saturated heterocycles. The summed E-state index contributed by atoms with van der Waals surface area (Å²) in [6.45, 7) is 7.32. The van der Waals surface area contributed by atoms with Crippen LogP contribution in [0.3, 0.4) is 0 Å². The molecule has 0 unspecified atom stereocenters. The number of hydrogen-bond donors (Lipinski definition) is 1. The van der Waals surface area contributed by atoms with E-state index in [9.17, 15) is 9.59 Å². The lowest BCUT2D eigenvalue weighted by atomic mass is 10.2. The van der Waals surface area contributed by atoms with Gasteiger partial charge >= 0.3 is 6.09 Å². The Labute approximate surface area is 175 Å². The molecule has 158 valence electrons. The Bertz CT molecular complexity index is 925. The van der Waals surface area contributed by atoms with Crippen LogP contribution in [0.15, 0.2) is 30.3 Å². The predicted molar refractivity (Wildman–Crippen MR) is 113 cm³/mol. The van der Waals surface area contributed by atoms with Gasteiger partial charge in [-0.1, -0.05) is 17.7 Å². The molecule has 9 nitrogen and oxygen atoms in total. The Kier molecular flexibility index (Phi) is 5.69. The van der Waals surface area contributed by atoms with Crippen molar-refractivity contribution >= 4 is 29.5 Å². The number of rotatable bonds is 5. The molecule has 0 radical (unpaired) electrons. The van der Waals surface area contributed by atoms with Crippen LogP contribution in [0.4, 0.5) is 22.2 Å². The van der Waals surface area contributed by atoms with Crippen molar-refractivity contribution in [1.82, 2.24) is 19.8 Å². The molecule has 0 atom stereocenters. The topological polar surface area (TPSA) is 90.9 Å². The number of piperazine rings is 1. The largest absolute Gasteiger partial charge is 0.448 e. The molecule has 0 saturated carbocycles. The standard InChI is InChI=1S/C21H26N6O3/c1-15-3-5-17(6-4-15)23-18-13-16(2)22-20(24-18)26-9-7-25(8-10-26)19(28)14-27-11-12-30-21(27)29/h3-6,13H,7-12,14H2,1-2H3,(H,22,23,24). The lowest BCUT2D eigenvalue weighted by Gasteiger charge is -2.35. The fraction of sp³-hybridized carbons (Fsp3) is 0.429. The summed E-state index contributed by atoms with van der Waals surface area (Å²) < 4.78 is 4.88. The van der Waals surface area contributed by atoms with Crippen molar-refractivity contribution in [2.45, 2.75) is 13.8 Å². The molecule has 0 spiro atoms. The number of nitrogens with zero attached hydrogens (tertiary/aromatic N) is 5. The maximum Gasteiger partial charge on any atom is 0.410 e. The number of aromatic nitrogens is 2. The third-order valence-electron chi connectivity index (χ3n) is 5.25. The average molecular weight is 410 g/mol. The second kappa shape index (κ2) is 8.56. The van der Waals surface area contributed by atoms with Crippen LogP contribution in [0.5, 0.6) is 0 Å². The quantitative estimate of drug-likeness (QED) is 0.805. The van der Waals surface area contributed by atoms with E-state index in [4.69, 9.17) is 4.74 Å². The lowest BCUT2D eigenvalue weighted by molar-refractivity contribution is -0.132. The van der Waals surface area contributed by atoms with Crippen molar-refractivity contribution in [2.75, 3.05) is 56.1 Å². The fourth-order valence-electron chi connectivity index (χ4n) is 3.53. The minimum absolute atomic E-state index is 0.0552. The number of benzene rings is 1. The van der Waals surface area contributed by atoms with Gasteiger partial charge in [-0.05, 0) is 26.0 Å². The SMILES string of the molecule is Cc1ccc(Nc2cc(C)nc(N3CCN(C(=O)CN4CCOC4=O)CC3)n2)cc1. The smallest absolute Gasteiger partial charge is 0.410 e. The van der Waals surface area contributed by atoms with Crippen molar-refractivity contribution < 1.29 is 14.3 Å². The van der Waals surface area contributed by atoms with E-state index in [-0.39, 0.29) is 12.5 Å². The van der Waals surface area contributed by atoms with E-state index in [1.54, 1.807) is 4.90 Å². The number of ether oxygens (including phenoxy) is 1. The van der Waals surface area contributed by atoms with Crippen LogP contribution in [0, 0.1) is 13.8 Å². The highest BCUT2D eigenvalue weighted by Crippen LogP contribution is 2.20. The molecule has 1 N–H and O–H groups in total. The normalized spacial score (nSPS) is 16.6. The van der Waals surface area contributed by atoms with E-state index in [1.807, 2.05) is 25.1 Å². The first-order valence-electron chi connectivity index (χ1n) is 10.1. The highest BCUT2D eigenvalue weighted by molar-refractivity contribution is 5.83. The van der Waals surface area contributed by atoms with Crippen LogP contribution in [-0.4, -0.2) is 77.6 Å². The zero-order valence-corrected chi connectivity index (χ0v) is 17.3. The van der Waals surface area contributed by atoms with Gasteiger partial charge in [-0.15, -0.1) is 0 Å². The average Bonchev–Trinajstić information content (AvgIpc) is 3.14. The summed E-state index contributed by atoms with van der Waals surface area (Å²) in [5.74, 6) is 1.34. The second-order valence-corrected chi connectivity index (χ2v) is 7.59. The van der Waals surface area contributed by atoms with Crippen molar-refractivity contribution in [3.8, 4) is 0 Å². The Morgan fingerprint density at radius 3 is 2.47 bits per heavy atom. The van der Waals surface area contributed by atoms with Crippen molar-refractivity contribution in [1.29, 1.82) is 0 Å². The Balaban J connectivity index is 1.37. The first kappa shape index (κ1) is 19.9. The number of amides is 2. The van der Waals surface area contributed by atoms with E-state index >= 15 is 0 Å². The zero-order valence-electron chi connectivity index (χ0n) is 17.3. The minimum Gasteiger partial charge on any atom is -0.448 e. The minimum atomic E-state index is -0.413. The maximum atomic E-state index is 12.5. The summed E-state index contributed by atoms with van der Waals surface area (Å²) in [4.78, 5) is 38.6. The predicted octanol–water partition coefficient (Wildman–Crippen LogP) is 1.94. The highest BCUT2D eigenvalue weighted by Gasteiger charge is 2.28. The summed E-state index contributed by atoms with van der Waals surface area (Å²) in [5.41, 5.74) is 3.05. The molecule has 0 aliphatic carbocycles. The molecule has 9 heteroatoms. The number of hydrogen-bond acceptors (Lipinski definition) is 7. The summed E-state index contributed by atoms with van der Waals surface area (Å²) in [7, 11) is 0. The molecular formula is C21H26N6O3. The molecule has 0 bridgehead atoms. The van der Waals surface area contributed by atoms with Crippen LogP contribution >= 0.6 is 0 Å². The summed E-state index contributed by atoms with van der Waals surface area (Å²) in [6.07, 6.45) is -0.413. The third kappa shape index (κ3) is 4.61. The van der Waals surface area contributed by atoms with Gasteiger partial charge < -0.3 is 19.9 Å². The number of anilines is 3. The van der Waals surface area contributed by atoms with Crippen LogP contribution in [-0.2, 0) is 9.53 Å². The lowest BCUT2D eigenvalue weighted by Crippen LogP contribution is -2.51. The highest BCUT2D eigenvalue weighted by atomic mass is 16.6. The molecule has 1 aromatic heterocycles. The summed E-state index contributed by atoms with van der Waals surface area (Å²) in [6, 6.07) is 10.1. The molecule has 2 fully saturated rings. The van der Waals surface area contributed by atoms with E-state index in [2.05, 4.69) is 39.2 Å². The summed E-state index contributed by atoms with van der Waals surface area (Å²) in [5, 5.41) is 3.33. The molecular weight excluding hydrogens is 384 g/mol. The molecule has 2 aromatic rings.